The van der Waals surface area contributed by atoms with E-state index < -0.39 is 30.5 Å². The smallest absolute Gasteiger partial charge is 0.111 e. The molecule has 78 valence electrons. The highest BCUT2D eigenvalue weighted by Gasteiger charge is 2.42. The molecule has 0 aromatic carbocycles. The van der Waals surface area contributed by atoms with Gasteiger partial charge in [-0.15, -0.1) is 0 Å². The number of aliphatic hydroxyl groups excluding tert-OH is 4. The van der Waals surface area contributed by atoms with Crippen LogP contribution in [0.25, 0.3) is 0 Å². The SMILES string of the molecule is CC[C@@H]1OC(CO)C(O)C(O)C1O. The van der Waals surface area contributed by atoms with Crippen molar-refractivity contribution in [1.29, 1.82) is 0 Å². The van der Waals surface area contributed by atoms with Crippen LogP contribution in [0, 0.1) is 0 Å². The second-order valence-electron chi connectivity index (χ2n) is 3.28. The first-order valence-corrected chi connectivity index (χ1v) is 4.42. The van der Waals surface area contributed by atoms with Crippen LogP contribution in [0.4, 0.5) is 0 Å². The third-order valence-corrected chi connectivity index (χ3v) is 2.39. The third kappa shape index (κ3) is 2.00. The van der Waals surface area contributed by atoms with E-state index in [0.29, 0.717) is 6.42 Å². The van der Waals surface area contributed by atoms with E-state index in [1.54, 1.807) is 6.92 Å². The van der Waals surface area contributed by atoms with Crippen LogP contribution >= 0.6 is 0 Å². The molecule has 1 saturated heterocycles. The molecule has 1 rings (SSSR count). The van der Waals surface area contributed by atoms with Gasteiger partial charge in [0.05, 0.1) is 12.7 Å². The molecular weight excluding hydrogens is 176 g/mol. The van der Waals surface area contributed by atoms with Crippen molar-refractivity contribution in [2.75, 3.05) is 6.61 Å². The van der Waals surface area contributed by atoms with Crippen LogP contribution in [-0.4, -0.2) is 57.6 Å². The molecule has 1 heterocycles. The normalized spacial score (nSPS) is 46.4. The molecule has 0 radical (unpaired) electrons. The highest BCUT2D eigenvalue weighted by molar-refractivity contribution is 4.91. The van der Waals surface area contributed by atoms with Gasteiger partial charge in [0.2, 0.25) is 0 Å². The molecule has 4 N–H and O–H groups in total. The van der Waals surface area contributed by atoms with Crippen LogP contribution in [-0.2, 0) is 4.74 Å². The minimum Gasteiger partial charge on any atom is -0.394 e. The Morgan fingerprint density at radius 3 is 2.00 bits per heavy atom. The lowest BCUT2D eigenvalue weighted by atomic mass is 9.94. The van der Waals surface area contributed by atoms with E-state index in [9.17, 15) is 15.3 Å². The molecule has 0 aromatic rings. The maximum absolute atomic E-state index is 9.40. The van der Waals surface area contributed by atoms with E-state index in [1.165, 1.54) is 0 Å². The van der Waals surface area contributed by atoms with Gasteiger partial charge in [0, 0.05) is 0 Å². The number of hydrogen-bond donors (Lipinski definition) is 4. The molecule has 5 atom stereocenters. The van der Waals surface area contributed by atoms with Crippen LogP contribution in [0.3, 0.4) is 0 Å². The Hall–Kier alpha value is -0.200. The van der Waals surface area contributed by atoms with Crippen LogP contribution in [0.2, 0.25) is 0 Å². The fourth-order valence-electron chi connectivity index (χ4n) is 1.52. The summed E-state index contributed by atoms with van der Waals surface area (Å²) in [5.74, 6) is 0. The Morgan fingerprint density at radius 1 is 1.00 bits per heavy atom. The van der Waals surface area contributed by atoms with E-state index in [4.69, 9.17) is 9.84 Å². The lowest BCUT2D eigenvalue weighted by Gasteiger charge is -2.39. The number of hydrogen-bond acceptors (Lipinski definition) is 5. The van der Waals surface area contributed by atoms with Gasteiger partial charge in [-0.3, -0.25) is 0 Å². The molecule has 0 bridgehead atoms. The summed E-state index contributed by atoms with van der Waals surface area (Å²) in [5.41, 5.74) is 0. The molecule has 4 unspecified atom stereocenters. The lowest BCUT2D eigenvalue weighted by Crippen LogP contribution is -2.58. The van der Waals surface area contributed by atoms with Gasteiger partial charge in [0.1, 0.15) is 24.4 Å². The Morgan fingerprint density at radius 2 is 1.54 bits per heavy atom. The molecule has 1 fully saturated rings. The van der Waals surface area contributed by atoms with Gasteiger partial charge in [-0.05, 0) is 6.42 Å². The highest BCUT2D eigenvalue weighted by atomic mass is 16.5. The fourth-order valence-corrected chi connectivity index (χ4v) is 1.52. The average Bonchev–Trinajstić information content (AvgIpc) is 2.15. The maximum Gasteiger partial charge on any atom is 0.111 e. The molecule has 1 aliphatic rings. The second-order valence-corrected chi connectivity index (χ2v) is 3.28. The first-order chi connectivity index (χ1) is 6.11. The van der Waals surface area contributed by atoms with Crippen molar-refractivity contribution < 1.29 is 25.2 Å². The van der Waals surface area contributed by atoms with Crippen LogP contribution in [0.15, 0.2) is 0 Å². The molecule has 13 heavy (non-hydrogen) atoms. The van der Waals surface area contributed by atoms with Gasteiger partial charge in [0.25, 0.3) is 0 Å². The minimum absolute atomic E-state index is 0.360. The molecular formula is C8H16O5. The number of ether oxygens (including phenoxy) is 1. The Bertz CT molecular complexity index is 143. The zero-order chi connectivity index (χ0) is 10.0. The Balaban J connectivity index is 2.66. The molecule has 0 saturated carbocycles. The number of aliphatic hydroxyl groups is 4. The van der Waals surface area contributed by atoms with E-state index in [2.05, 4.69) is 0 Å². The molecule has 0 aliphatic carbocycles. The molecule has 0 amide bonds. The zero-order valence-corrected chi connectivity index (χ0v) is 7.50. The van der Waals surface area contributed by atoms with Gasteiger partial charge >= 0.3 is 0 Å². The lowest BCUT2D eigenvalue weighted by molar-refractivity contribution is -0.229. The summed E-state index contributed by atoms with van der Waals surface area (Å²) in [6, 6.07) is 0. The second kappa shape index (κ2) is 4.34. The first-order valence-electron chi connectivity index (χ1n) is 4.42. The summed E-state index contributed by atoms with van der Waals surface area (Å²) >= 11 is 0. The van der Waals surface area contributed by atoms with Crippen LogP contribution < -0.4 is 0 Å². The topological polar surface area (TPSA) is 90.2 Å². The van der Waals surface area contributed by atoms with Gasteiger partial charge in [-0.1, -0.05) is 6.92 Å². The van der Waals surface area contributed by atoms with Crippen molar-refractivity contribution in [3.63, 3.8) is 0 Å². The largest absolute Gasteiger partial charge is 0.394 e. The summed E-state index contributed by atoms with van der Waals surface area (Å²) in [4.78, 5) is 0. The average molecular weight is 192 g/mol. The summed E-state index contributed by atoms with van der Waals surface area (Å²) in [6.45, 7) is 1.44. The van der Waals surface area contributed by atoms with Crippen LogP contribution in [0.5, 0.6) is 0 Å². The fraction of sp³-hybridized carbons (Fsp3) is 1.00. The van der Waals surface area contributed by atoms with Crippen molar-refractivity contribution >= 4 is 0 Å². The van der Waals surface area contributed by atoms with E-state index in [0.717, 1.165) is 0 Å². The predicted molar refractivity (Wildman–Crippen MR) is 44.1 cm³/mol. The van der Waals surface area contributed by atoms with Crippen molar-refractivity contribution in [3.8, 4) is 0 Å². The first kappa shape index (κ1) is 10.9. The summed E-state index contributed by atoms with van der Waals surface area (Å²) in [7, 11) is 0. The molecule has 0 spiro atoms. The van der Waals surface area contributed by atoms with Gasteiger partial charge < -0.3 is 25.2 Å². The summed E-state index contributed by atoms with van der Waals surface area (Å²) < 4.78 is 5.17. The molecule has 5 nitrogen and oxygen atoms in total. The Kier molecular flexibility index (Phi) is 3.63. The zero-order valence-electron chi connectivity index (χ0n) is 7.50. The predicted octanol–water partition coefficient (Wildman–Crippen LogP) is -1.76. The van der Waals surface area contributed by atoms with Crippen molar-refractivity contribution in [3.05, 3.63) is 0 Å². The van der Waals surface area contributed by atoms with Crippen LogP contribution in [0.1, 0.15) is 13.3 Å². The molecule has 0 aromatic heterocycles. The third-order valence-electron chi connectivity index (χ3n) is 2.39. The molecule has 1 aliphatic heterocycles. The quantitative estimate of drug-likeness (QED) is 0.416. The van der Waals surface area contributed by atoms with Crippen molar-refractivity contribution in [2.45, 2.75) is 43.9 Å². The monoisotopic (exact) mass is 192 g/mol. The van der Waals surface area contributed by atoms with Gasteiger partial charge in [-0.2, -0.15) is 0 Å². The highest BCUT2D eigenvalue weighted by Crippen LogP contribution is 2.22. The van der Waals surface area contributed by atoms with E-state index in [-0.39, 0.29) is 6.61 Å². The summed E-state index contributed by atoms with van der Waals surface area (Å²) in [6.07, 6.45) is -4.33. The molecule has 5 heteroatoms. The van der Waals surface area contributed by atoms with E-state index in [1.807, 2.05) is 0 Å². The van der Waals surface area contributed by atoms with E-state index >= 15 is 0 Å². The van der Waals surface area contributed by atoms with Crippen molar-refractivity contribution in [2.24, 2.45) is 0 Å². The maximum atomic E-state index is 9.40. The standard InChI is InChI=1S/C8H16O5/c1-2-4-6(10)8(12)7(11)5(3-9)13-4/h4-12H,2-3H2,1H3/t4-,5?,6?,7?,8?/m0/s1. The van der Waals surface area contributed by atoms with Crippen molar-refractivity contribution in [1.82, 2.24) is 0 Å². The number of rotatable bonds is 2. The van der Waals surface area contributed by atoms with Gasteiger partial charge in [-0.25, -0.2) is 0 Å². The van der Waals surface area contributed by atoms with Gasteiger partial charge in [0.15, 0.2) is 0 Å². The summed E-state index contributed by atoms with van der Waals surface area (Å²) in [5, 5.41) is 36.9. The minimum atomic E-state index is -1.24. The Labute approximate surface area is 76.6 Å².